The molecule has 0 fully saturated rings. The highest BCUT2D eigenvalue weighted by Gasteiger charge is 2.18. The maximum Gasteiger partial charge on any atom is 0.330 e. The molecule has 0 aliphatic rings. The van der Waals surface area contributed by atoms with Crippen LogP contribution in [0.4, 0.5) is 5.69 Å². The molecule has 7 nitrogen and oxygen atoms in total. The number of benzene rings is 1. The lowest BCUT2D eigenvalue weighted by atomic mass is 10.1. The van der Waals surface area contributed by atoms with Crippen LogP contribution >= 0.6 is 0 Å². The van der Waals surface area contributed by atoms with Gasteiger partial charge in [-0.2, -0.15) is 0 Å². The first-order valence-corrected chi connectivity index (χ1v) is 10.9. The highest BCUT2D eigenvalue weighted by molar-refractivity contribution is 5.71. The first-order valence-electron chi connectivity index (χ1n) is 10.9. The molecule has 2 aromatic heterocycles. The molecule has 2 heterocycles. The van der Waals surface area contributed by atoms with Crippen molar-refractivity contribution in [2.24, 2.45) is 5.92 Å². The third kappa shape index (κ3) is 4.50. The van der Waals surface area contributed by atoms with Crippen LogP contribution in [0.5, 0.6) is 0 Å². The second kappa shape index (κ2) is 9.32. The zero-order chi connectivity index (χ0) is 21.8. The van der Waals surface area contributed by atoms with E-state index in [0.717, 1.165) is 30.8 Å². The molecular weight excluding hydrogens is 378 g/mol. The van der Waals surface area contributed by atoms with Crippen molar-refractivity contribution in [1.82, 2.24) is 19.1 Å². The topological polar surface area (TPSA) is 84.7 Å². The molecule has 3 aromatic rings. The Bertz CT molecular complexity index is 1140. The molecule has 162 valence electrons. The van der Waals surface area contributed by atoms with Crippen LogP contribution in [0.1, 0.15) is 57.0 Å². The summed E-state index contributed by atoms with van der Waals surface area (Å²) in [5.74, 6) is 1.26. The summed E-state index contributed by atoms with van der Waals surface area (Å²) in [4.78, 5) is 32.4. The Labute approximate surface area is 177 Å². The summed E-state index contributed by atoms with van der Waals surface area (Å²) >= 11 is 0. The van der Waals surface area contributed by atoms with Gasteiger partial charge >= 0.3 is 5.69 Å². The van der Waals surface area contributed by atoms with E-state index in [2.05, 4.69) is 51.0 Å². The Morgan fingerprint density at radius 2 is 1.90 bits per heavy atom. The molecule has 0 saturated carbocycles. The maximum atomic E-state index is 12.7. The monoisotopic (exact) mass is 411 g/mol. The lowest BCUT2D eigenvalue weighted by molar-refractivity contribution is 0.513. The molecule has 3 rings (SSSR count). The summed E-state index contributed by atoms with van der Waals surface area (Å²) in [6, 6.07) is 6.16. The largest absolute Gasteiger partial charge is 0.378 e. The molecular formula is C23H33N5O2. The van der Waals surface area contributed by atoms with Crippen LogP contribution in [0.15, 0.2) is 27.8 Å². The molecule has 0 amide bonds. The van der Waals surface area contributed by atoms with Crippen molar-refractivity contribution in [3.8, 4) is 0 Å². The number of aryl methyl sites for hydroxylation is 3. The maximum absolute atomic E-state index is 12.7. The van der Waals surface area contributed by atoms with Crippen LogP contribution in [0.2, 0.25) is 0 Å². The van der Waals surface area contributed by atoms with Crippen LogP contribution < -0.4 is 16.6 Å². The zero-order valence-electron chi connectivity index (χ0n) is 18.7. The van der Waals surface area contributed by atoms with Gasteiger partial charge < -0.3 is 9.88 Å². The first kappa shape index (κ1) is 21.9. The lowest BCUT2D eigenvalue weighted by Crippen LogP contribution is -2.31. The number of anilines is 1. The van der Waals surface area contributed by atoms with Crippen LogP contribution in [0, 0.1) is 19.8 Å². The molecule has 0 bridgehead atoms. The SMILES string of the molecule is CCCCn1c(=O)[nH]c(=O)c2c1nc(CNc1cccc(C)c1C)n2CCC(C)C. The van der Waals surface area contributed by atoms with E-state index in [4.69, 9.17) is 4.98 Å². The van der Waals surface area contributed by atoms with Crippen molar-refractivity contribution in [2.75, 3.05) is 5.32 Å². The smallest absolute Gasteiger partial charge is 0.330 e. The van der Waals surface area contributed by atoms with Crippen molar-refractivity contribution < 1.29 is 0 Å². The van der Waals surface area contributed by atoms with Crippen molar-refractivity contribution in [1.29, 1.82) is 0 Å². The number of unbranched alkanes of at least 4 members (excludes halogenated alkanes) is 1. The fourth-order valence-corrected chi connectivity index (χ4v) is 3.62. The van der Waals surface area contributed by atoms with Crippen LogP contribution in [-0.4, -0.2) is 19.1 Å². The second-order valence-electron chi connectivity index (χ2n) is 8.40. The second-order valence-corrected chi connectivity index (χ2v) is 8.40. The molecule has 0 aliphatic heterocycles. The summed E-state index contributed by atoms with van der Waals surface area (Å²) in [7, 11) is 0. The van der Waals surface area contributed by atoms with Gasteiger partial charge in [-0.3, -0.25) is 14.3 Å². The number of aromatic nitrogens is 4. The molecule has 0 saturated heterocycles. The number of H-pyrrole nitrogens is 1. The Kier molecular flexibility index (Phi) is 6.80. The minimum Gasteiger partial charge on any atom is -0.378 e. The van der Waals surface area contributed by atoms with E-state index >= 15 is 0 Å². The van der Waals surface area contributed by atoms with Crippen molar-refractivity contribution >= 4 is 16.9 Å². The van der Waals surface area contributed by atoms with Gasteiger partial charge in [-0.15, -0.1) is 0 Å². The predicted octanol–water partition coefficient (Wildman–Crippen LogP) is 3.96. The van der Waals surface area contributed by atoms with E-state index in [0.29, 0.717) is 36.7 Å². The molecule has 7 heteroatoms. The number of hydrogen-bond donors (Lipinski definition) is 2. The van der Waals surface area contributed by atoms with E-state index < -0.39 is 0 Å². The predicted molar refractivity (Wildman–Crippen MR) is 122 cm³/mol. The highest BCUT2D eigenvalue weighted by atomic mass is 16.2. The van der Waals surface area contributed by atoms with Gasteiger partial charge in [-0.05, 0) is 49.8 Å². The average molecular weight is 412 g/mol. The normalized spacial score (nSPS) is 11.5. The summed E-state index contributed by atoms with van der Waals surface area (Å²) in [5.41, 5.74) is 3.69. The number of aromatic amines is 1. The zero-order valence-corrected chi connectivity index (χ0v) is 18.7. The van der Waals surface area contributed by atoms with Gasteiger partial charge in [0.15, 0.2) is 11.2 Å². The van der Waals surface area contributed by atoms with Crippen molar-refractivity contribution in [3.05, 3.63) is 56.0 Å². The molecule has 0 unspecified atom stereocenters. The molecule has 0 radical (unpaired) electrons. The minimum absolute atomic E-state index is 0.364. The van der Waals surface area contributed by atoms with Gasteiger partial charge in [-0.1, -0.05) is 39.3 Å². The van der Waals surface area contributed by atoms with Gasteiger partial charge in [0.1, 0.15) is 5.82 Å². The molecule has 2 N–H and O–H groups in total. The van der Waals surface area contributed by atoms with E-state index in [-0.39, 0.29) is 11.2 Å². The minimum atomic E-state index is -0.386. The fraction of sp³-hybridized carbons (Fsp3) is 0.522. The number of imidazole rings is 1. The van der Waals surface area contributed by atoms with Crippen molar-refractivity contribution in [2.45, 2.75) is 73.5 Å². The Balaban J connectivity index is 2.08. The van der Waals surface area contributed by atoms with Gasteiger partial charge in [0.05, 0.1) is 6.54 Å². The van der Waals surface area contributed by atoms with Gasteiger partial charge in [-0.25, -0.2) is 9.78 Å². The highest BCUT2D eigenvalue weighted by Crippen LogP contribution is 2.20. The van der Waals surface area contributed by atoms with Crippen molar-refractivity contribution in [3.63, 3.8) is 0 Å². The standard InChI is InChI=1S/C23H33N5O2/c1-6-7-12-28-21-20(22(29)26-23(28)30)27(13-11-15(2)3)19(25-21)14-24-18-10-8-9-16(4)17(18)5/h8-10,15,24H,6-7,11-14H2,1-5H3,(H,26,29,30). The Morgan fingerprint density at radius 3 is 2.60 bits per heavy atom. The molecule has 1 aromatic carbocycles. The summed E-state index contributed by atoms with van der Waals surface area (Å²) in [5, 5.41) is 3.47. The van der Waals surface area contributed by atoms with Gasteiger partial charge in [0, 0.05) is 18.8 Å². The molecule has 0 aliphatic carbocycles. The van der Waals surface area contributed by atoms with Crippen LogP contribution in [0.3, 0.4) is 0 Å². The summed E-state index contributed by atoms with van der Waals surface area (Å²) in [6.07, 6.45) is 2.74. The first-order chi connectivity index (χ1) is 14.3. The quantitative estimate of drug-likeness (QED) is 0.558. The van der Waals surface area contributed by atoms with E-state index in [1.165, 1.54) is 11.1 Å². The van der Waals surface area contributed by atoms with E-state index in [9.17, 15) is 9.59 Å². The van der Waals surface area contributed by atoms with E-state index in [1.54, 1.807) is 4.57 Å². The third-order valence-corrected chi connectivity index (χ3v) is 5.67. The number of rotatable bonds is 9. The molecule has 0 spiro atoms. The van der Waals surface area contributed by atoms with Gasteiger partial charge in [0.2, 0.25) is 0 Å². The fourth-order valence-electron chi connectivity index (χ4n) is 3.62. The Hall–Kier alpha value is -2.83. The Morgan fingerprint density at radius 1 is 1.13 bits per heavy atom. The molecule has 0 atom stereocenters. The van der Waals surface area contributed by atoms with Gasteiger partial charge in [0.25, 0.3) is 5.56 Å². The van der Waals surface area contributed by atoms with Crippen LogP contribution in [0.25, 0.3) is 11.2 Å². The summed E-state index contributed by atoms with van der Waals surface area (Å²) < 4.78 is 3.59. The average Bonchev–Trinajstić information content (AvgIpc) is 3.06. The van der Waals surface area contributed by atoms with E-state index in [1.807, 2.05) is 16.7 Å². The number of nitrogens with zero attached hydrogens (tertiary/aromatic N) is 3. The van der Waals surface area contributed by atoms with Crippen LogP contribution in [-0.2, 0) is 19.6 Å². The summed E-state index contributed by atoms with van der Waals surface area (Å²) in [6.45, 7) is 12.3. The number of fused-ring (bicyclic) bond motifs is 1. The molecule has 30 heavy (non-hydrogen) atoms. The number of hydrogen-bond acceptors (Lipinski definition) is 4. The number of nitrogens with one attached hydrogen (secondary N) is 2. The third-order valence-electron chi connectivity index (χ3n) is 5.67. The lowest BCUT2D eigenvalue weighted by Gasteiger charge is -2.13.